The molecule has 0 aliphatic carbocycles. The van der Waals surface area contributed by atoms with Crippen LogP contribution in [0.3, 0.4) is 0 Å². The molecule has 0 bridgehead atoms. The summed E-state index contributed by atoms with van der Waals surface area (Å²) in [5.41, 5.74) is 5.52. The van der Waals surface area contributed by atoms with Crippen molar-refractivity contribution in [2.75, 3.05) is 12.3 Å². The Morgan fingerprint density at radius 3 is 2.65 bits per heavy atom. The van der Waals surface area contributed by atoms with Gasteiger partial charge in [-0.2, -0.15) is 13.2 Å². The van der Waals surface area contributed by atoms with Crippen LogP contribution >= 0.6 is 34.3 Å². The number of benzene rings is 1. The molecule has 2 heterocycles. The van der Waals surface area contributed by atoms with Gasteiger partial charge in [-0.25, -0.2) is 9.97 Å². The number of fused-ring (bicyclic) bond motifs is 1. The number of rotatable bonds is 4. The molecule has 0 fully saturated rings. The van der Waals surface area contributed by atoms with Gasteiger partial charge in [0, 0.05) is 13.0 Å². The van der Waals surface area contributed by atoms with Gasteiger partial charge in [-0.05, 0) is 19.1 Å². The third kappa shape index (κ3) is 3.92. The molecule has 0 saturated heterocycles. The van der Waals surface area contributed by atoms with Crippen LogP contribution in [0, 0.1) is 6.92 Å². The number of aromatic nitrogens is 2. The summed E-state index contributed by atoms with van der Waals surface area (Å²) < 4.78 is 39.5. The fourth-order valence-corrected chi connectivity index (χ4v) is 4.20. The largest absolute Gasteiger partial charge is 0.416 e. The van der Waals surface area contributed by atoms with Gasteiger partial charge in [-0.1, -0.05) is 11.6 Å². The summed E-state index contributed by atoms with van der Waals surface area (Å²) >= 11 is 8.23. The number of nitrogens with two attached hydrogens (primary N) is 1. The predicted molar refractivity (Wildman–Crippen MR) is 96.9 cm³/mol. The number of thiazole rings is 2. The van der Waals surface area contributed by atoms with E-state index in [4.69, 9.17) is 17.3 Å². The Morgan fingerprint density at radius 2 is 2.04 bits per heavy atom. The number of nitrogens with zero attached hydrogens (tertiary/aromatic N) is 2. The summed E-state index contributed by atoms with van der Waals surface area (Å²) in [6.07, 6.45) is -4.03. The summed E-state index contributed by atoms with van der Waals surface area (Å²) in [5, 5.41) is 3.51. The van der Waals surface area contributed by atoms with Crippen molar-refractivity contribution < 1.29 is 18.0 Å². The van der Waals surface area contributed by atoms with E-state index in [-0.39, 0.29) is 16.2 Å². The average Bonchev–Trinajstić information content (AvgIpc) is 3.10. The second kappa shape index (κ2) is 7.01. The molecule has 0 atom stereocenters. The Labute approximate surface area is 159 Å². The zero-order valence-electron chi connectivity index (χ0n) is 13.3. The van der Waals surface area contributed by atoms with Gasteiger partial charge in [0.05, 0.1) is 32.2 Å². The second-order valence-electron chi connectivity index (χ2n) is 5.40. The predicted octanol–water partition coefficient (Wildman–Crippen LogP) is 4.29. The highest BCUT2D eigenvalue weighted by Crippen LogP contribution is 2.36. The Bertz CT molecular complexity index is 964. The Balaban J connectivity index is 1.73. The third-order valence-corrected chi connectivity index (χ3v) is 6.08. The van der Waals surface area contributed by atoms with Crippen LogP contribution in [0.4, 0.5) is 18.9 Å². The zero-order valence-corrected chi connectivity index (χ0v) is 15.7. The van der Waals surface area contributed by atoms with Crippen LogP contribution in [-0.2, 0) is 12.6 Å². The second-order valence-corrected chi connectivity index (χ2v) is 8.09. The third-order valence-electron chi connectivity index (χ3n) is 3.45. The number of alkyl halides is 3. The van der Waals surface area contributed by atoms with Crippen molar-refractivity contribution in [3.63, 3.8) is 0 Å². The van der Waals surface area contributed by atoms with Gasteiger partial charge in [-0.15, -0.1) is 22.7 Å². The number of halogens is 4. The average molecular weight is 421 g/mol. The quantitative estimate of drug-likeness (QED) is 0.617. The van der Waals surface area contributed by atoms with Gasteiger partial charge in [0.15, 0.2) is 5.01 Å². The molecule has 0 saturated carbocycles. The minimum atomic E-state index is -4.53. The van der Waals surface area contributed by atoms with E-state index in [9.17, 15) is 18.0 Å². The van der Waals surface area contributed by atoms with Gasteiger partial charge >= 0.3 is 6.18 Å². The van der Waals surface area contributed by atoms with Crippen LogP contribution in [0.5, 0.6) is 0 Å². The van der Waals surface area contributed by atoms with Gasteiger partial charge in [-0.3, -0.25) is 4.79 Å². The maximum Gasteiger partial charge on any atom is 0.416 e. The number of aryl methyl sites for hydroxylation is 1. The van der Waals surface area contributed by atoms with E-state index >= 15 is 0 Å². The molecule has 26 heavy (non-hydrogen) atoms. The maximum atomic E-state index is 12.8. The summed E-state index contributed by atoms with van der Waals surface area (Å²) in [4.78, 5) is 20.4. The lowest BCUT2D eigenvalue weighted by Crippen LogP contribution is -2.25. The number of carbonyl (C=O) groups excluding carboxylic acids is 1. The van der Waals surface area contributed by atoms with E-state index in [0.29, 0.717) is 22.0 Å². The van der Waals surface area contributed by atoms with Crippen molar-refractivity contribution in [3.8, 4) is 0 Å². The fourth-order valence-electron chi connectivity index (χ4n) is 2.22. The lowest BCUT2D eigenvalue weighted by Gasteiger charge is -2.07. The smallest absolute Gasteiger partial charge is 0.398 e. The molecule has 0 unspecified atom stereocenters. The highest BCUT2D eigenvalue weighted by atomic mass is 35.5. The van der Waals surface area contributed by atoms with Crippen molar-refractivity contribution >= 4 is 56.1 Å². The van der Waals surface area contributed by atoms with E-state index in [0.717, 1.165) is 34.2 Å². The number of anilines is 1. The minimum absolute atomic E-state index is 0.0507. The van der Waals surface area contributed by atoms with E-state index < -0.39 is 17.6 Å². The van der Waals surface area contributed by atoms with E-state index in [2.05, 4.69) is 15.3 Å². The monoisotopic (exact) mass is 420 g/mol. The minimum Gasteiger partial charge on any atom is -0.398 e. The van der Waals surface area contributed by atoms with Crippen molar-refractivity contribution in [3.05, 3.63) is 37.7 Å². The molecule has 2 aromatic heterocycles. The van der Waals surface area contributed by atoms with Gasteiger partial charge in [0.1, 0.15) is 4.34 Å². The number of nitrogen functional groups attached to an aromatic ring is 1. The standard InChI is InChI=1S/C15H12ClF3N4OS2/c1-6-12(16)25-10(22-6)2-3-21-13(24)14-23-9-5-7(15(17,18)19)4-8(20)11(9)26-14/h4-5H,2-3,20H2,1H3,(H,21,24). The van der Waals surface area contributed by atoms with E-state index in [1.54, 1.807) is 6.92 Å². The van der Waals surface area contributed by atoms with Gasteiger partial charge < -0.3 is 11.1 Å². The highest BCUT2D eigenvalue weighted by Gasteiger charge is 2.32. The summed E-state index contributed by atoms with van der Waals surface area (Å²) in [6, 6.07) is 1.73. The lowest BCUT2D eigenvalue weighted by molar-refractivity contribution is -0.137. The maximum absolute atomic E-state index is 12.8. The van der Waals surface area contributed by atoms with E-state index in [1.165, 1.54) is 11.3 Å². The molecule has 11 heteroatoms. The fraction of sp³-hybridized carbons (Fsp3) is 0.267. The molecule has 0 spiro atoms. The first kappa shape index (κ1) is 18.9. The van der Waals surface area contributed by atoms with Crippen LogP contribution < -0.4 is 11.1 Å². The molecule has 1 amide bonds. The number of nitrogens with one attached hydrogen (secondary N) is 1. The first-order valence-corrected chi connectivity index (χ1v) is 9.33. The Hall–Kier alpha value is -1.91. The van der Waals surface area contributed by atoms with Crippen molar-refractivity contribution in [1.82, 2.24) is 15.3 Å². The van der Waals surface area contributed by atoms with E-state index in [1.807, 2.05) is 0 Å². The summed E-state index contributed by atoms with van der Waals surface area (Å²) in [7, 11) is 0. The molecule has 5 nitrogen and oxygen atoms in total. The molecular formula is C15H12ClF3N4OS2. The molecule has 3 aromatic rings. The normalized spacial score (nSPS) is 11.9. The zero-order chi connectivity index (χ0) is 19.1. The van der Waals surface area contributed by atoms with Crippen LogP contribution in [0.2, 0.25) is 4.34 Å². The molecule has 0 aliphatic heterocycles. The number of hydrogen-bond acceptors (Lipinski definition) is 6. The number of hydrogen-bond donors (Lipinski definition) is 2. The number of carbonyl (C=O) groups is 1. The molecule has 138 valence electrons. The SMILES string of the molecule is Cc1nc(CCNC(=O)c2nc3cc(C(F)(F)F)cc(N)c3s2)sc1Cl. The van der Waals surface area contributed by atoms with Crippen LogP contribution in [0.15, 0.2) is 12.1 Å². The molecular weight excluding hydrogens is 409 g/mol. The number of amides is 1. The van der Waals surface area contributed by atoms with Crippen LogP contribution in [0.25, 0.3) is 10.2 Å². The molecule has 0 aliphatic rings. The summed E-state index contributed by atoms with van der Waals surface area (Å²) in [6.45, 7) is 2.10. The lowest BCUT2D eigenvalue weighted by atomic mass is 10.2. The first-order chi connectivity index (χ1) is 12.1. The van der Waals surface area contributed by atoms with Crippen LogP contribution in [0.1, 0.15) is 26.1 Å². The van der Waals surface area contributed by atoms with Gasteiger partial charge in [0.2, 0.25) is 0 Å². The Kier molecular flexibility index (Phi) is 5.09. The van der Waals surface area contributed by atoms with Crippen LogP contribution in [-0.4, -0.2) is 22.4 Å². The highest BCUT2D eigenvalue weighted by molar-refractivity contribution is 7.21. The van der Waals surface area contributed by atoms with Gasteiger partial charge in [0.25, 0.3) is 5.91 Å². The van der Waals surface area contributed by atoms with Crippen molar-refractivity contribution in [2.45, 2.75) is 19.5 Å². The Morgan fingerprint density at radius 1 is 1.31 bits per heavy atom. The molecule has 1 aromatic carbocycles. The molecule has 3 N–H and O–H groups in total. The van der Waals surface area contributed by atoms with Crippen molar-refractivity contribution in [2.24, 2.45) is 0 Å². The molecule has 0 radical (unpaired) electrons. The summed E-state index contributed by atoms with van der Waals surface area (Å²) in [5.74, 6) is -0.474. The topological polar surface area (TPSA) is 80.9 Å². The first-order valence-electron chi connectivity index (χ1n) is 7.32. The van der Waals surface area contributed by atoms with Crippen molar-refractivity contribution in [1.29, 1.82) is 0 Å². The molecule has 3 rings (SSSR count).